The number of fused-ring (bicyclic) bond motifs is 1. The number of ether oxygens (including phenoxy) is 1. The second-order valence-electron chi connectivity index (χ2n) is 6.90. The highest BCUT2D eigenvalue weighted by Gasteiger charge is 2.24. The van der Waals surface area contributed by atoms with Crippen molar-refractivity contribution in [3.63, 3.8) is 0 Å². The SMILES string of the molecule is Cc1cc(C)c(OCC(=O)Nc2sc3c(c2C#N)CC[C@@H](C)C3)c(Cl)c1. The number of nitrogens with zero attached hydrogens (tertiary/aromatic N) is 1. The van der Waals surface area contributed by atoms with E-state index in [1.54, 1.807) is 0 Å². The Morgan fingerprint density at radius 3 is 2.92 bits per heavy atom. The lowest BCUT2D eigenvalue weighted by molar-refractivity contribution is -0.118. The minimum atomic E-state index is -0.288. The van der Waals surface area contributed by atoms with Gasteiger partial charge >= 0.3 is 0 Å². The quantitative estimate of drug-likeness (QED) is 0.798. The first-order chi connectivity index (χ1) is 12.4. The monoisotopic (exact) mass is 388 g/mol. The number of carbonyl (C=O) groups is 1. The van der Waals surface area contributed by atoms with Gasteiger partial charge in [0.2, 0.25) is 0 Å². The van der Waals surface area contributed by atoms with Crippen molar-refractivity contribution in [2.24, 2.45) is 5.92 Å². The second-order valence-corrected chi connectivity index (χ2v) is 8.41. The number of hydrogen-bond acceptors (Lipinski definition) is 4. The van der Waals surface area contributed by atoms with Gasteiger partial charge < -0.3 is 10.1 Å². The molecule has 0 spiro atoms. The average Bonchev–Trinajstić information content (AvgIpc) is 2.89. The van der Waals surface area contributed by atoms with Gasteiger partial charge in [-0.3, -0.25) is 4.79 Å². The number of thiophene rings is 1. The molecule has 0 radical (unpaired) electrons. The van der Waals surface area contributed by atoms with Gasteiger partial charge in [0.05, 0.1) is 10.6 Å². The molecule has 4 nitrogen and oxygen atoms in total. The van der Waals surface area contributed by atoms with Crippen molar-refractivity contribution in [3.05, 3.63) is 44.3 Å². The maximum atomic E-state index is 12.3. The topological polar surface area (TPSA) is 62.1 Å². The van der Waals surface area contributed by atoms with E-state index in [-0.39, 0.29) is 12.5 Å². The van der Waals surface area contributed by atoms with E-state index in [0.29, 0.717) is 27.3 Å². The van der Waals surface area contributed by atoms with Crippen LogP contribution >= 0.6 is 22.9 Å². The molecule has 1 aromatic heterocycles. The van der Waals surface area contributed by atoms with Gasteiger partial charge in [-0.25, -0.2) is 0 Å². The number of amides is 1. The van der Waals surface area contributed by atoms with Crippen LogP contribution < -0.4 is 10.1 Å². The zero-order valence-electron chi connectivity index (χ0n) is 15.1. The number of carbonyl (C=O) groups excluding carboxylic acids is 1. The van der Waals surface area contributed by atoms with E-state index < -0.39 is 0 Å². The molecule has 1 aromatic carbocycles. The summed E-state index contributed by atoms with van der Waals surface area (Å²) >= 11 is 7.72. The fourth-order valence-electron chi connectivity index (χ4n) is 3.34. The van der Waals surface area contributed by atoms with E-state index in [9.17, 15) is 10.1 Å². The Morgan fingerprint density at radius 2 is 2.23 bits per heavy atom. The van der Waals surface area contributed by atoms with Gasteiger partial charge in [-0.15, -0.1) is 11.3 Å². The number of rotatable bonds is 4. The Kier molecular flexibility index (Phi) is 5.55. The number of halogens is 1. The minimum Gasteiger partial charge on any atom is -0.482 e. The minimum absolute atomic E-state index is 0.145. The zero-order chi connectivity index (χ0) is 18.8. The molecule has 1 atom stereocenters. The standard InChI is InChI=1S/C20H21ClN2O2S/c1-11-4-5-14-15(9-22)20(26-17(14)8-11)23-18(24)10-25-19-13(3)6-12(2)7-16(19)21/h6-7,11H,4-5,8,10H2,1-3H3,(H,23,24)/t11-/m1/s1. The Hall–Kier alpha value is -2.03. The van der Waals surface area contributed by atoms with Crippen LogP contribution in [0.3, 0.4) is 0 Å². The van der Waals surface area contributed by atoms with E-state index in [0.717, 1.165) is 36.0 Å². The molecule has 0 bridgehead atoms. The largest absolute Gasteiger partial charge is 0.482 e. The number of nitrogens with one attached hydrogen (secondary N) is 1. The molecule has 2 aromatic rings. The van der Waals surface area contributed by atoms with Crippen LogP contribution in [-0.4, -0.2) is 12.5 Å². The molecule has 1 N–H and O–H groups in total. The summed E-state index contributed by atoms with van der Waals surface area (Å²) in [7, 11) is 0. The Morgan fingerprint density at radius 1 is 1.46 bits per heavy atom. The van der Waals surface area contributed by atoms with Crippen LogP contribution in [0, 0.1) is 31.1 Å². The maximum absolute atomic E-state index is 12.3. The van der Waals surface area contributed by atoms with Crippen LogP contribution in [0.5, 0.6) is 5.75 Å². The third-order valence-corrected chi connectivity index (χ3v) is 6.05. The second kappa shape index (κ2) is 7.69. The molecule has 0 fully saturated rings. The van der Waals surface area contributed by atoms with Crippen molar-refractivity contribution in [3.8, 4) is 11.8 Å². The number of hydrogen-bond donors (Lipinski definition) is 1. The van der Waals surface area contributed by atoms with E-state index in [1.807, 2.05) is 26.0 Å². The fourth-order valence-corrected chi connectivity index (χ4v) is 5.10. The van der Waals surface area contributed by atoms with E-state index in [4.69, 9.17) is 16.3 Å². The van der Waals surface area contributed by atoms with Crippen LogP contribution in [0.15, 0.2) is 12.1 Å². The smallest absolute Gasteiger partial charge is 0.262 e. The highest BCUT2D eigenvalue weighted by molar-refractivity contribution is 7.16. The molecule has 0 saturated heterocycles. The van der Waals surface area contributed by atoms with E-state index in [2.05, 4.69) is 18.3 Å². The van der Waals surface area contributed by atoms with Crippen LogP contribution in [0.25, 0.3) is 0 Å². The summed E-state index contributed by atoms with van der Waals surface area (Å²) < 4.78 is 5.63. The number of nitriles is 1. The number of benzene rings is 1. The number of aryl methyl sites for hydroxylation is 2. The van der Waals surface area contributed by atoms with Gasteiger partial charge in [-0.2, -0.15) is 5.26 Å². The first kappa shape index (κ1) is 18.8. The van der Waals surface area contributed by atoms with Gasteiger partial charge in [0.15, 0.2) is 6.61 Å². The molecular formula is C20H21ClN2O2S. The lowest BCUT2D eigenvalue weighted by Crippen LogP contribution is -2.20. The van der Waals surface area contributed by atoms with Crippen LogP contribution in [0.1, 0.15) is 40.5 Å². The molecule has 1 aliphatic rings. The molecule has 1 aliphatic carbocycles. The van der Waals surface area contributed by atoms with Crippen molar-refractivity contribution < 1.29 is 9.53 Å². The first-order valence-electron chi connectivity index (χ1n) is 8.63. The highest BCUT2D eigenvalue weighted by Crippen LogP contribution is 2.39. The zero-order valence-corrected chi connectivity index (χ0v) is 16.7. The molecule has 3 rings (SSSR count). The molecule has 0 aliphatic heterocycles. The highest BCUT2D eigenvalue weighted by atomic mass is 35.5. The van der Waals surface area contributed by atoms with Gasteiger partial charge in [0.1, 0.15) is 16.8 Å². The molecular weight excluding hydrogens is 368 g/mol. The summed E-state index contributed by atoms with van der Waals surface area (Å²) in [5.41, 5.74) is 3.64. The summed E-state index contributed by atoms with van der Waals surface area (Å²) in [5.74, 6) is 0.850. The predicted molar refractivity (Wildman–Crippen MR) is 105 cm³/mol. The van der Waals surface area contributed by atoms with Gasteiger partial charge in [-0.1, -0.05) is 24.6 Å². The van der Waals surface area contributed by atoms with Crippen molar-refractivity contribution in [1.82, 2.24) is 0 Å². The van der Waals surface area contributed by atoms with Gasteiger partial charge in [-0.05, 0) is 61.8 Å². The normalized spacial score (nSPS) is 15.9. The van der Waals surface area contributed by atoms with Crippen molar-refractivity contribution in [2.75, 3.05) is 11.9 Å². The van der Waals surface area contributed by atoms with Crippen molar-refractivity contribution in [1.29, 1.82) is 5.26 Å². The summed E-state index contributed by atoms with van der Waals surface area (Å²) in [5, 5.41) is 13.5. The maximum Gasteiger partial charge on any atom is 0.262 e. The van der Waals surface area contributed by atoms with Crippen molar-refractivity contribution >= 4 is 33.8 Å². The van der Waals surface area contributed by atoms with Gasteiger partial charge in [0.25, 0.3) is 5.91 Å². The van der Waals surface area contributed by atoms with Crippen molar-refractivity contribution in [2.45, 2.75) is 40.0 Å². The van der Waals surface area contributed by atoms with Gasteiger partial charge in [0, 0.05) is 4.88 Å². The average molecular weight is 389 g/mol. The predicted octanol–water partition coefficient (Wildman–Crippen LogP) is 5.03. The molecule has 0 unspecified atom stereocenters. The summed E-state index contributed by atoms with van der Waals surface area (Å²) in [6.45, 7) is 5.93. The molecule has 6 heteroatoms. The van der Waals surface area contributed by atoms with E-state index in [1.165, 1.54) is 16.2 Å². The number of anilines is 1. The van der Waals surface area contributed by atoms with Crippen LogP contribution in [0.2, 0.25) is 5.02 Å². The van der Waals surface area contributed by atoms with E-state index >= 15 is 0 Å². The molecule has 1 amide bonds. The molecule has 136 valence electrons. The first-order valence-corrected chi connectivity index (χ1v) is 9.82. The molecule has 0 saturated carbocycles. The lowest BCUT2D eigenvalue weighted by Gasteiger charge is -2.17. The summed E-state index contributed by atoms with van der Waals surface area (Å²) in [6.07, 6.45) is 2.96. The Labute approximate surface area is 162 Å². The third-order valence-electron chi connectivity index (χ3n) is 4.60. The Balaban J connectivity index is 1.71. The van der Waals surface area contributed by atoms with Crippen LogP contribution in [0.4, 0.5) is 5.00 Å². The fraction of sp³-hybridized carbons (Fsp3) is 0.400. The summed E-state index contributed by atoms with van der Waals surface area (Å²) in [6, 6.07) is 6.03. The lowest BCUT2D eigenvalue weighted by atomic mass is 9.89. The third kappa shape index (κ3) is 3.87. The molecule has 1 heterocycles. The van der Waals surface area contributed by atoms with Crippen LogP contribution in [-0.2, 0) is 17.6 Å². The molecule has 26 heavy (non-hydrogen) atoms. The summed E-state index contributed by atoms with van der Waals surface area (Å²) in [4.78, 5) is 13.6. The Bertz CT molecular complexity index is 875.